The average molecular weight is 199 g/mol. The lowest BCUT2D eigenvalue weighted by molar-refractivity contribution is 0.789. The summed E-state index contributed by atoms with van der Waals surface area (Å²) in [6.07, 6.45) is 2.58. The smallest absolute Gasteiger partial charge is 0.0169 e. The van der Waals surface area contributed by atoms with Gasteiger partial charge in [-0.1, -0.05) is 13.3 Å². The van der Waals surface area contributed by atoms with Crippen LogP contribution >= 0.6 is 22.9 Å². The lowest BCUT2D eigenvalue weighted by Crippen LogP contribution is -1.97. The minimum absolute atomic E-state index is 1.15. The molecule has 0 saturated heterocycles. The van der Waals surface area contributed by atoms with Crippen LogP contribution in [0.15, 0.2) is 0 Å². The van der Waals surface area contributed by atoms with Crippen LogP contribution in [-0.4, -0.2) is 6.54 Å². The maximum atomic E-state index is 3.04. The van der Waals surface area contributed by atoms with Gasteiger partial charge in [-0.25, -0.2) is 0 Å². The molecule has 1 N–H and O–H groups in total. The summed E-state index contributed by atoms with van der Waals surface area (Å²) >= 11 is 2.16. The predicted molar refractivity (Wildman–Crippen MR) is 36.9 cm³/mol. The molecule has 0 aliphatic heterocycles. The SMILES string of the molecule is CCCCNI. The van der Waals surface area contributed by atoms with Gasteiger partial charge >= 0.3 is 0 Å². The molecule has 0 rings (SSSR count). The van der Waals surface area contributed by atoms with Crippen LogP contribution < -0.4 is 3.53 Å². The van der Waals surface area contributed by atoms with E-state index in [4.69, 9.17) is 0 Å². The van der Waals surface area contributed by atoms with Crippen LogP contribution in [0.1, 0.15) is 19.8 Å². The van der Waals surface area contributed by atoms with Gasteiger partial charge in [-0.2, -0.15) is 0 Å². The van der Waals surface area contributed by atoms with Crippen molar-refractivity contribution in [2.75, 3.05) is 6.54 Å². The Morgan fingerprint density at radius 1 is 1.67 bits per heavy atom. The Morgan fingerprint density at radius 2 is 2.33 bits per heavy atom. The second kappa shape index (κ2) is 5.69. The quantitative estimate of drug-likeness (QED) is 0.414. The first-order chi connectivity index (χ1) is 2.91. The van der Waals surface area contributed by atoms with Crippen molar-refractivity contribution in [2.45, 2.75) is 19.8 Å². The summed E-state index contributed by atoms with van der Waals surface area (Å²) in [5.74, 6) is 0. The van der Waals surface area contributed by atoms with Gasteiger partial charge in [0.2, 0.25) is 0 Å². The van der Waals surface area contributed by atoms with Crippen LogP contribution in [0.2, 0.25) is 0 Å². The van der Waals surface area contributed by atoms with Gasteiger partial charge in [0, 0.05) is 29.4 Å². The standard InChI is InChI=1S/C4H10IN/c1-2-3-4-6-5/h6H,2-4H2,1H3. The number of rotatable bonds is 3. The number of unbranched alkanes of at least 4 members (excludes halogenated alkanes) is 1. The highest BCUT2D eigenvalue weighted by Gasteiger charge is 1.74. The highest BCUT2D eigenvalue weighted by atomic mass is 127. The molecule has 38 valence electrons. The van der Waals surface area contributed by atoms with Gasteiger partial charge in [-0.15, -0.1) is 0 Å². The van der Waals surface area contributed by atoms with Gasteiger partial charge in [0.1, 0.15) is 0 Å². The maximum absolute atomic E-state index is 3.04. The topological polar surface area (TPSA) is 12.0 Å². The number of hydrogen-bond acceptors (Lipinski definition) is 1. The molecule has 0 bridgehead atoms. The Labute approximate surface area is 53.0 Å². The Kier molecular flexibility index (Phi) is 6.34. The molecule has 0 aromatic carbocycles. The summed E-state index contributed by atoms with van der Waals surface area (Å²) in [5.41, 5.74) is 0. The van der Waals surface area contributed by atoms with Crippen LogP contribution in [0.5, 0.6) is 0 Å². The van der Waals surface area contributed by atoms with Gasteiger partial charge in [-0.3, -0.25) is 3.53 Å². The second-order valence-corrected chi connectivity index (χ2v) is 2.00. The molecule has 0 saturated carbocycles. The van der Waals surface area contributed by atoms with Crippen molar-refractivity contribution in [3.8, 4) is 0 Å². The minimum Gasteiger partial charge on any atom is -0.261 e. The largest absolute Gasteiger partial charge is 0.261 e. The predicted octanol–water partition coefficient (Wildman–Crippen LogP) is 1.73. The van der Waals surface area contributed by atoms with Crippen LogP contribution in [0.25, 0.3) is 0 Å². The molecular formula is C4H10IN. The van der Waals surface area contributed by atoms with Gasteiger partial charge in [0.25, 0.3) is 0 Å². The van der Waals surface area contributed by atoms with E-state index in [9.17, 15) is 0 Å². The van der Waals surface area contributed by atoms with Crippen molar-refractivity contribution in [1.29, 1.82) is 0 Å². The third-order valence-corrected chi connectivity index (χ3v) is 1.16. The summed E-state index contributed by atoms with van der Waals surface area (Å²) < 4.78 is 3.04. The van der Waals surface area contributed by atoms with Crippen molar-refractivity contribution >= 4 is 22.9 Å². The zero-order chi connectivity index (χ0) is 4.83. The molecule has 0 aromatic rings. The molecule has 0 aromatic heterocycles. The van der Waals surface area contributed by atoms with E-state index >= 15 is 0 Å². The molecule has 0 unspecified atom stereocenters. The molecule has 1 nitrogen and oxygen atoms in total. The Morgan fingerprint density at radius 3 is 2.50 bits per heavy atom. The fraction of sp³-hybridized carbons (Fsp3) is 1.00. The minimum atomic E-state index is 1.15. The van der Waals surface area contributed by atoms with Crippen LogP contribution in [0.3, 0.4) is 0 Å². The van der Waals surface area contributed by atoms with E-state index in [0.29, 0.717) is 0 Å². The van der Waals surface area contributed by atoms with E-state index in [1.807, 2.05) is 0 Å². The molecule has 0 amide bonds. The molecule has 0 fully saturated rings. The maximum Gasteiger partial charge on any atom is 0.0169 e. The highest BCUT2D eigenvalue weighted by molar-refractivity contribution is 14.1. The van der Waals surface area contributed by atoms with Crippen molar-refractivity contribution in [1.82, 2.24) is 3.53 Å². The molecule has 0 radical (unpaired) electrons. The fourth-order valence-electron chi connectivity index (χ4n) is 0.244. The lowest BCUT2D eigenvalue weighted by atomic mass is 10.3. The zero-order valence-corrected chi connectivity index (χ0v) is 6.16. The summed E-state index contributed by atoms with van der Waals surface area (Å²) in [5, 5.41) is 0. The summed E-state index contributed by atoms with van der Waals surface area (Å²) in [4.78, 5) is 0. The third-order valence-electron chi connectivity index (χ3n) is 0.625. The van der Waals surface area contributed by atoms with Crippen molar-refractivity contribution in [3.63, 3.8) is 0 Å². The molecule has 6 heavy (non-hydrogen) atoms. The first kappa shape index (κ1) is 6.69. The van der Waals surface area contributed by atoms with Crippen LogP contribution in [-0.2, 0) is 0 Å². The van der Waals surface area contributed by atoms with E-state index < -0.39 is 0 Å². The first-order valence-electron chi connectivity index (χ1n) is 2.25. The van der Waals surface area contributed by atoms with Gasteiger partial charge < -0.3 is 0 Å². The van der Waals surface area contributed by atoms with E-state index in [2.05, 4.69) is 33.3 Å². The third kappa shape index (κ3) is 4.69. The second-order valence-electron chi connectivity index (χ2n) is 1.24. The number of nitrogens with one attached hydrogen (secondary N) is 1. The Hall–Kier alpha value is 0.690. The number of hydrogen-bond donors (Lipinski definition) is 1. The van der Waals surface area contributed by atoms with Crippen molar-refractivity contribution < 1.29 is 0 Å². The van der Waals surface area contributed by atoms with Gasteiger partial charge in [0.05, 0.1) is 0 Å². The molecule has 0 aliphatic rings. The Bertz CT molecular complexity index is 19.5. The molecule has 0 atom stereocenters. The normalized spacial score (nSPS) is 9.00. The summed E-state index contributed by atoms with van der Waals surface area (Å²) in [6, 6.07) is 0. The molecule has 0 spiro atoms. The summed E-state index contributed by atoms with van der Waals surface area (Å²) in [6.45, 7) is 3.34. The van der Waals surface area contributed by atoms with E-state index in [-0.39, 0.29) is 0 Å². The van der Waals surface area contributed by atoms with E-state index in [0.717, 1.165) is 6.54 Å². The summed E-state index contributed by atoms with van der Waals surface area (Å²) in [7, 11) is 0. The monoisotopic (exact) mass is 199 g/mol. The van der Waals surface area contributed by atoms with Crippen molar-refractivity contribution in [3.05, 3.63) is 0 Å². The van der Waals surface area contributed by atoms with Crippen LogP contribution in [0.4, 0.5) is 0 Å². The lowest BCUT2D eigenvalue weighted by Gasteiger charge is -1.87. The van der Waals surface area contributed by atoms with Gasteiger partial charge in [-0.05, 0) is 6.42 Å². The fourth-order valence-corrected chi connectivity index (χ4v) is 0.625. The Balaban J connectivity index is 2.34. The average Bonchev–Trinajstić information content (AvgIpc) is 1.61. The van der Waals surface area contributed by atoms with E-state index in [1.54, 1.807) is 0 Å². The number of halogens is 1. The molecule has 0 aliphatic carbocycles. The molecule has 2 heteroatoms. The first-order valence-corrected chi connectivity index (χ1v) is 3.33. The molecular weight excluding hydrogens is 189 g/mol. The van der Waals surface area contributed by atoms with Crippen LogP contribution in [0, 0.1) is 0 Å². The highest BCUT2D eigenvalue weighted by Crippen LogP contribution is 1.82. The zero-order valence-electron chi connectivity index (χ0n) is 4.00. The molecule has 0 heterocycles. The van der Waals surface area contributed by atoms with Crippen molar-refractivity contribution in [2.24, 2.45) is 0 Å². The van der Waals surface area contributed by atoms with Gasteiger partial charge in [0.15, 0.2) is 0 Å². The van der Waals surface area contributed by atoms with E-state index in [1.165, 1.54) is 12.8 Å².